The second-order valence-electron chi connectivity index (χ2n) is 6.47. The van der Waals surface area contributed by atoms with Crippen molar-refractivity contribution in [3.05, 3.63) is 56.5 Å². The summed E-state index contributed by atoms with van der Waals surface area (Å²) in [4.78, 5) is 22.7. The summed E-state index contributed by atoms with van der Waals surface area (Å²) in [5.74, 6) is 0. The number of thiazole rings is 1. The number of nitrogens with zero attached hydrogens (tertiary/aromatic N) is 3. The van der Waals surface area contributed by atoms with Crippen molar-refractivity contribution in [2.45, 2.75) is 39.8 Å². The number of nitrogens with one attached hydrogen (secondary N) is 1. The van der Waals surface area contributed by atoms with E-state index in [2.05, 4.69) is 36.1 Å². The van der Waals surface area contributed by atoms with Gasteiger partial charge in [-0.2, -0.15) is 0 Å². The highest BCUT2D eigenvalue weighted by Gasteiger charge is 2.24. The topological polar surface area (TPSA) is 59.8 Å². The summed E-state index contributed by atoms with van der Waals surface area (Å²) >= 11 is 1.72. The van der Waals surface area contributed by atoms with Crippen LogP contribution in [0.15, 0.2) is 35.4 Å². The van der Waals surface area contributed by atoms with Gasteiger partial charge in [-0.05, 0) is 39.8 Å². The first kappa shape index (κ1) is 16.8. The first-order valence-electron chi connectivity index (χ1n) is 8.02. The van der Waals surface area contributed by atoms with Crippen molar-refractivity contribution in [1.29, 1.82) is 0 Å². The van der Waals surface area contributed by atoms with Crippen LogP contribution in [-0.4, -0.2) is 21.1 Å². The number of aryl methyl sites for hydroxylation is 2. The smallest absolute Gasteiger partial charge is 0.261 e. The maximum Gasteiger partial charge on any atom is 0.261 e. The molecule has 0 saturated heterocycles. The van der Waals surface area contributed by atoms with E-state index in [-0.39, 0.29) is 11.1 Å². The van der Waals surface area contributed by atoms with Crippen LogP contribution in [0, 0.1) is 13.8 Å². The minimum absolute atomic E-state index is 0.00106. The van der Waals surface area contributed by atoms with Gasteiger partial charge < -0.3 is 5.32 Å². The molecule has 0 spiro atoms. The Bertz CT molecular complexity index is 907. The van der Waals surface area contributed by atoms with Crippen LogP contribution < -0.4 is 10.9 Å². The highest BCUT2D eigenvalue weighted by atomic mass is 32.1. The molecule has 24 heavy (non-hydrogen) atoms. The van der Waals surface area contributed by atoms with E-state index in [4.69, 9.17) is 0 Å². The van der Waals surface area contributed by atoms with Gasteiger partial charge >= 0.3 is 0 Å². The predicted molar refractivity (Wildman–Crippen MR) is 98.6 cm³/mol. The predicted octanol–water partition coefficient (Wildman–Crippen LogP) is 2.99. The molecule has 0 unspecified atom stereocenters. The zero-order chi connectivity index (χ0) is 17.3. The fourth-order valence-electron chi connectivity index (χ4n) is 2.57. The lowest BCUT2D eigenvalue weighted by atomic mass is 10.1. The average molecular weight is 342 g/mol. The number of hydrogen-bond acceptors (Lipinski definition) is 5. The van der Waals surface area contributed by atoms with Gasteiger partial charge in [0.25, 0.3) is 5.56 Å². The molecule has 2 heterocycles. The normalized spacial score (nSPS) is 12.0. The van der Waals surface area contributed by atoms with Crippen LogP contribution in [0.1, 0.15) is 29.4 Å². The lowest BCUT2D eigenvalue weighted by Gasteiger charge is -2.24. The summed E-state index contributed by atoms with van der Waals surface area (Å²) in [7, 11) is 0. The van der Waals surface area contributed by atoms with Crippen molar-refractivity contribution in [2.24, 2.45) is 0 Å². The lowest BCUT2D eigenvalue weighted by molar-refractivity contribution is 0.387. The van der Waals surface area contributed by atoms with Crippen molar-refractivity contribution in [2.75, 3.05) is 6.54 Å². The molecule has 126 valence electrons. The largest absolute Gasteiger partial charge is 0.304 e. The Morgan fingerprint density at radius 1 is 1.25 bits per heavy atom. The molecule has 1 aromatic carbocycles. The molecule has 3 aromatic rings. The van der Waals surface area contributed by atoms with Gasteiger partial charge in [0, 0.05) is 18.0 Å². The molecule has 0 radical (unpaired) electrons. The third kappa shape index (κ3) is 3.25. The average Bonchev–Trinajstić information content (AvgIpc) is 2.90. The van der Waals surface area contributed by atoms with Crippen molar-refractivity contribution in [1.82, 2.24) is 19.9 Å². The molecule has 0 atom stereocenters. The second-order valence-corrected chi connectivity index (χ2v) is 7.68. The van der Waals surface area contributed by atoms with Crippen LogP contribution in [-0.2, 0) is 12.1 Å². The summed E-state index contributed by atoms with van der Waals surface area (Å²) in [6, 6.07) is 7.43. The van der Waals surface area contributed by atoms with Gasteiger partial charge in [-0.25, -0.2) is 9.97 Å². The van der Waals surface area contributed by atoms with Gasteiger partial charge in [-0.15, -0.1) is 11.3 Å². The highest BCUT2D eigenvalue weighted by Crippen LogP contribution is 2.26. The zero-order valence-electron chi connectivity index (χ0n) is 14.5. The van der Waals surface area contributed by atoms with Gasteiger partial charge in [0.1, 0.15) is 5.01 Å². The van der Waals surface area contributed by atoms with Crippen molar-refractivity contribution < 1.29 is 0 Å². The number of rotatable bonds is 5. The van der Waals surface area contributed by atoms with Crippen molar-refractivity contribution >= 4 is 22.2 Å². The molecule has 3 rings (SSSR count). The summed E-state index contributed by atoms with van der Waals surface area (Å²) in [6.45, 7) is 9.60. The minimum Gasteiger partial charge on any atom is -0.304 e. The number of hydrogen-bond donors (Lipinski definition) is 1. The quantitative estimate of drug-likeness (QED) is 0.774. The maximum atomic E-state index is 12.5. The maximum absolute atomic E-state index is 12.5. The molecule has 0 aliphatic rings. The molecular formula is C18H22N4OS. The Labute approximate surface area is 145 Å². The lowest BCUT2D eigenvalue weighted by Crippen LogP contribution is -2.39. The Kier molecular flexibility index (Phi) is 4.51. The standard InChI is InChI=1S/C18H22N4OS/c1-12-13(2)24-17(21-12)18(3,4)20-9-10-22-11-19-15-8-6-5-7-14(15)16(22)23/h5-8,11,20H,9-10H2,1-4H3. The number of fused-ring (bicyclic) bond motifs is 1. The van der Waals surface area contributed by atoms with Crippen LogP contribution in [0.25, 0.3) is 10.9 Å². The SMILES string of the molecule is Cc1nc(C(C)(C)NCCn2cnc3ccccc3c2=O)sc1C. The van der Waals surface area contributed by atoms with Crippen LogP contribution in [0.2, 0.25) is 0 Å². The molecule has 0 aliphatic heterocycles. The van der Waals surface area contributed by atoms with Crippen molar-refractivity contribution in [3.63, 3.8) is 0 Å². The van der Waals surface area contributed by atoms with Gasteiger partial charge in [-0.1, -0.05) is 12.1 Å². The molecular weight excluding hydrogens is 320 g/mol. The van der Waals surface area contributed by atoms with Crippen LogP contribution in [0.3, 0.4) is 0 Å². The molecule has 6 heteroatoms. The van der Waals surface area contributed by atoms with E-state index in [1.54, 1.807) is 22.2 Å². The Balaban J connectivity index is 1.72. The fourth-order valence-corrected chi connectivity index (χ4v) is 3.56. The molecule has 0 bridgehead atoms. The highest BCUT2D eigenvalue weighted by molar-refractivity contribution is 7.11. The molecule has 0 amide bonds. The number of para-hydroxylation sites is 1. The zero-order valence-corrected chi connectivity index (χ0v) is 15.3. The van der Waals surface area contributed by atoms with E-state index in [0.717, 1.165) is 16.2 Å². The van der Waals surface area contributed by atoms with Crippen LogP contribution in [0.5, 0.6) is 0 Å². The van der Waals surface area contributed by atoms with E-state index >= 15 is 0 Å². The van der Waals surface area contributed by atoms with Crippen LogP contribution in [0.4, 0.5) is 0 Å². The first-order valence-corrected chi connectivity index (χ1v) is 8.84. The summed E-state index contributed by atoms with van der Waals surface area (Å²) in [5, 5.41) is 5.23. The minimum atomic E-state index is -0.225. The summed E-state index contributed by atoms with van der Waals surface area (Å²) in [6.07, 6.45) is 1.62. The van der Waals surface area contributed by atoms with E-state index in [1.807, 2.05) is 31.2 Å². The molecule has 0 saturated carbocycles. The van der Waals surface area contributed by atoms with E-state index in [0.29, 0.717) is 18.5 Å². The second kappa shape index (κ2) is 6.45. The van der Waals surface area contributed by atoms with Gasteiger partial charge in [0.2, 0.25) is 0 Å². The Morgan fingerprint density at radius 2 is 2.00 bits per heavy atom. The molecule has 5 nitrogen and oxygen atoms in total. The number of benzene rings is 1. The van der Waals surface area contributed by atoms with E-state index in [9.17, 15) is 4.79 Å². The molecule has 2 aromatic heterocycles. The summed E-state index contributed by atoms with van der Waals surface area (Å²) in [5.41, 5.74) is 1.60. The monoisotopic (exact) mass is 342 g/mol. The van der Waals surface area contributed by atoms with Gasteiger partial charge in [0.15, 0.2) is 0 Å². The molecule has 0 fully saturated rings. The summed E-state index contributed by atoms with van der Waals surface area (Å²) < 4.78 is 1.66. The van der Waals surface area contributed by atoms with E-state index < -0.39 is 0 Å². The van der Waals surface area contributed by atoms with Crippen LogP contribution >= 0.6 is 11.3 Å². The van der Waals surface area contributed by atoms with E-state index in [1.165, 1.54) is 4.88 Å². The third-order valence-corrected chi connectivity index (χ3v) is 5.61. The van der Waals surface area contributed by atoms with Crippen molar-refractivity contribution in [3.8, 4) is 0 Å². The Morgan fingerprint density at radius 3 is 2.71 bits per heavy atom. The fraction of sp³-hybridized carbons (Fsp3) is 0.389. The third-order valence-electron chi connectivity index (χ3n) is 4.21. The van der Waals surface area contributed by atoms with Gasteiger partial charge in [0.05, 0.1) is 28.5 Å². The molecule has 0 aliphatic carbocycles. The number of aromatic nitrogens is 3. The molecule has 1 N–H and O–H groups in total. The van der Waals surface area contributed by atoms with Gasteiger partial charge in [-0.3, -0.25) is 9.36 Å². The first-order chi connectivity index (χ1) is 11.4. The Hall–Kier alpha value is -2.05.